The smallest absolute Gasteiger partial charge is 0.347 e. The van der Waals surface area contributed by atoms with Gasteiger partial charge in [-0.05, 0) is 45.7 Å². The molecule has 0 radical (unpaired) electrons. The molecule has 0 spiro atoms. The summed E-state index contributed by atoms with van der Waals surface area (Å²) in [5, 5.41) is 0. The number of carbonyl (C=O) groups excluding carboxylic acids is 2. The third kappa shape index (κ3) is 3.98. The highest BCUT2D eigenvalue weighted by molar-refractivity contribution is 6.14. The van der Waals surface area contributed by atoms with Crippen molar-refractivity contribution in [3.8, 4) is 5.75 Å². The van der Waals surface area contributed by atoms with Crippen LogP contribution in [0.15, 0.2) is 23.9 Å². The van der Waals surface area contributed by atoms with Crippen LogP contribution in [0.5, 0.6) is 5.75 Å². The molecule has 0 fully saturated rings. The fourth-order valence-corrected chi connectivity index (χ4v) is 2.97. The van der Waals surface area contributed by atoms with Gasteiger partial charge < -0.3 is 19.1 Å². The van der Waals surface area contributed by atoms with E-state index in [0.717, 1.165) is 0 Å². The topological polar surface area (TPSA) is 65.1 Å². The van der Waals surface area contributed by atoms with Gasteiger partial charge in [0, 0.05) is 23.5 Å². The molecule has 1 atom stereocenters. The van der Waals surface area contributed by atoms with Crippen LogP contribution in [-0.4, -0.2) is 38.3 Å². The number of anilines is 1. The molecule has 1 aliphatic heterocycles. The Balaban J connectivity index is 2.52. The number of fused-ring (bicyclic) bond motifs is 1. The van der Waals surface area contributed by atoms with Crippen LogP contribution in [0.3, 0.4) is 0 Å². The minimum absolute atomic E-state index is 0.00322. The Morgan fingerprint density at radius 3 is 2.38 bits per heavy atom. The van der Waals surface area contributed by atoms with E-state index in [9.17, 15) is 14.0 Å². The summed E-state index contributed by atoms with van der Waals surface area (Å²) in [5.41, 5.74) is 1.19. The number of hydrogen-bond acceptors (Lipinski definition) is 6. The van der Waals surface area contributed by atoms with Gasteiger partial charge >= 0.3 is 11.9 Å². The van der Waals surface area contributed by atoms with Gasteiger partial charge in [-0.2, -0.15) is 0 Å². The Morgan fingerprint density at radius 2 is 1.85 bits per heavy atom. The van der Waals surface area contributed by atoms with Gasteiger partial charge in [-0.25, -0.2) is 14.0 Å². The van der Waals surface area contributed by atoms with Crippen LogP contribution in [0.2, 0.25) is 0 Å². The van der Waals surface area contributed by atoms with E-state index in [1.165, 1.54) is 19.4 Å². The fourth-order valence-electron chi connectivity index (χ4n) is 2.97. The highest BCUT2D eigenvalue weighted by Gasteiger charge is 2.29. The molecule has 1 unspecified atom stereocenters. The molecule has 0 amide bonds. The average molecular weight is 365 g/mol. The molecule has 7 heteroatoms. The van der Waals surface area contributed by atoms with Crippen LogP contribution in [0.1, 0.15) is 32.8 Å². The summed E-state index contributed by atoms with van der Waals surface area (Å²) in [6.07, 6.45) is 2.77. The molecule has 2 rings (SSSR count). The van der Waals surface area contributed by atoms with Gasteiger partial charge in [0.25, 0.3) is 0 Å². The zero-order valence-electron chi connectivity index (χ0n) is 15.5. The standard InChI is InChI=1S/C19H24FNO5/c1-5-25-18(22)14(19(23)26-6-2)11-21-12(3)7-8-13-16(21)10-9-15(20)17(13)24-4/h9-12H,5-8H2,1-4H3. The van der Waals surface area contributed by atoms with Crippen LogP contribution < -0.4 is 9.64 Å². The number of methoxy groups -OCH3 is 1. The fraction of sp³-hybridized carbons (Fsp3) is 0.474. The summed E-state index contributed by atoms with van der Waals surface area (Å²) in [7, 11) is 1.42. The number of hydrogen-bond donors (Lipinski definition) is 0. The van der Waals surface area contributed by atoms with E-state index in [1.54, 1.807) is 24.8 Å². The van der Waals surface area contributed by atoms with E-state index in [4.69, 9.17) is 14.2 Å². The van der Waals surface area contributed by atoms with Gasteiger partial charge in [-0.15, -0.1) is 0 Å². The Kier molecular flexibility index (Phi) is 6.60. The lowest BCUT2D eigenvalue weighted by Crippen LogP contribution is -2.35. The summed E-state index contributed by atoms with van der Waals surface area (Å²) < 4.78 is 29.2. The van der Waals surface area contributed by atoms with Crippen LogP contribution >= 0.6 is 0 Å². The molecule has 0 saturated heterocycles. The second-order valence-electron chi connectivity index (χ2n) is 5.86. The van der Waals surface area contributed by atoms with Gasteiger partial charge in [0.15, 0.2) is 17.1 Å². The Labute approximate surface area is 152 Å². The number of nitrogens with zero attached hydrogens (tertiary/aromatic N) is 1. The highest BCUT2D eigenvalue weighted by Crippen LogP contribution is 2.38. The largest absolute Gasteiger partial charge is 0.493 e. The van der Waals surface area contributed by atoms with Crippen molar-refractivity contribution in [1.29, 1.82) is 0 Å². The van der Waals surface area contributed by atoms with Crippen molar-refractivity contribution >= 4 is 17.6 Å². The second-order valence-corrected chi connectivity index (χ2v) is 5.86. The summed E-state index contributed by atoms with van der Waals surface area (Å²) in [4.78, 5) is 26.2. The predicted molar refractivity (Wildman–Crippen MR) is 94.6 cm³/mol. The molecular formula is C19H24FNO5. The molecule has 26 heavy (non-hydrogen) atoms. The minimum Gasteiger partial charge on any atom is -0.493 e. The third-order valence-corrected chi connectivity index (χ3v) is 4.22. The molecular weight excluding hydrogens is 341 g/mol. The van der Waals surface area contributed by atoms with Crippen LogP contribution in [0.4, 0.5) is 10.1 Å². The van der Waals surface area contributed by atoms with Gasteiger partial charge in [-0.1, -0.05) is 0 Å². The van der Waals surface area contributed by atoms with Crippen LogP contribution in [0, 0.1) is 5.82 Å². The molecule has 0 aliphatic carbocycles. The first-order valence-electron chi connectivity index (χ1n) is 8.64. The molecule has 1 aromatic rings. The first kappa shape index (κ1) is 19.8. The van der Waals surface area contributed by atoms with Crippen molar-refractivity contribution in [1.82, 2.24) is 0 Å². The summed E-state index contributed by atoms with van der Waals surface area (Å²) in [5.74, 6) is -1.76. The summed E-state index contributed by atoms with van der Waals surface area (Å²) in [6.45, 7) is 5.56. The Bertz CT molecular complexity index is 696. The molecule has 1 heterocycles. The number of esters is 2. The maximum atomic E-state index is 14.0. The molecule has 0 bridgehead atoms. The maximum Gasteiger partial charge on any atom is 0.347 e. The molecule has 0 aromatic heterocycles. The Morgan fingerprint density at radius 1 is 1.23 bits per heavy atom. The zero-order chi connectivity index (χ0) is 19.3. The number of carbonyl (C=O) groups is 2. The molecule has 1 aromatic carbocycles. The monoisotopic (exact) mass is 365 g/mol. The zero-order valence-corrected chi connectivity index (χ0v) is 15.5. The predicted octanol–water partition coefficient (Wildman–Crippen LogP) is 2.99. The summed E-state index contributed by atoms with van der Waals surface area (Å²) >= 11 is 0. The first-order valence-corrected chi connectivity index (χ1v) is 8.64. The molecule has 142 valence electrons. The van der Waals surface area contributed by atoms with Crippen molar-refractivity contribution in [2.75, 3.05) is 25.2 Å². The van der Waals surface area contributed by atoms with Crippen molar-refractivity contribution in [2.45, 2.75) is 39.7 Å². The molecule has 0 saturated carbocycles. The molecule has 6 nitrogen and oxygen atoms in total. The lowest BCUT2D eigenvalue weighted by molar-refractivity contribution is -0.146. The lowest BCUT2D eigenvalue weighted by atomic mass is 9.95. The average Bonchev–Trinajstić information content (AvgIpc) is 2.61. The number of ether oxygens (including phenoxy) is 3. The van der Waals surface area contributed by atoms with E-state index in [2.05, 4.69) is 0 Å². The van der Waals surface area contributed by atoms with E-state index in [-0.39, 0.29) is 30.6 Å². The SMILES string of the molecule is CCOC(=O)C(=CN1c2ccc(F)c(OC)c2CCC1C)C(=O)OCC. The normalized spacial score (nSPS) is 15.7. The van der Waals surface area contributed by atoms with E-state index >= 15 is 0 Å². The van der Waals surface area contributed by atoms with E-state index in [1.807, 2.05) is 6.92 Å². The van der Waals surface area contributed by atoms with Gasteiger partial charge in [-0.3, -0.25) is 0 Å². The maximum absolute atomic E-state index is 14.0. The van der Waals surface area contributed by atoms with Crippen molar-refractivity contribution < 1.29 is 28.2 Å². The molecule has 1 aliphatic rings. The van der Waals surface area contributed by atoms with Crippen molar-refractivity contribution in [3.05, 3.63) is 35.3 Å². The van der Waals surface area contributed by atoms with Gasteiger partial charge in [0.05, 0.1) is 20.3 Å². The minimum atomic E-state index is -0.751. The second kappa shape index (κ2) is 8.69. The summed E-state index contributed by atoms with van der Waals surface area (Å²) in [6, 6.07) is 2.93. The number of benzene rings is 1. The van der Waals surface area contributed by atoms with Gasteiger partial charge in [0.1, 0.15) is 0 Å². The number of rotatable bonds is 6. The third-order valence-electron chi connectivity index (χ3n) is 4.22. The van der Waals surface area contributed by atoms with Gasteiger partial charge in [0.2, 0.25) is 0 Å². The lowest BCUT2D eigenvalue weighted by Gasteiger charge is -2.35. The highest BCUT2D eigenvalue weighted by atomic mass is 19.1. The first-order chi connectivity index (χ1) is 12.4. The Hall–Kier alpha value is -2.57. The van der Waals surface area contributed by atoms with Crippen LogP contribution in [-0.2, 0) is 25.5 Å². The quantitative estimate of drug-likeness (QED) is 0.334. The number of halogens is 1. The van der Waals surface area contributed by atoms with Crippen molar-refractivity contribution in [2.24, 2.45) is 0 Å². The van der Waals surface area contributed by atoms with Crippen molar-refractivity contribution in [3.63, 3.8) is 0 Å². The molecule has 0 N–H and O–H groups in total. The van der Waals surface area contributed by atoms with E-state index in [0.29, 0.717) is 24.1 Å². The van der Waals surface area contributed by atoms with E-state index < -0.39 is 17.8 Å². The van der Waals surface area contributed by atoms with Crippen LogP contribution in [0.25, 0.3) is 0 Å².